The molecule has 0 rings (SSSR count). The maximum atomic E-state index is 12.0. The molecule has 0 aliphatic carbocycles. The van der Waals surface area contributed by atoms with Crippen molar-refractivity contribution in [2.45, 2.75) is 126 Å². The van der Waals surface area contributed by atoms with Crippen molar-refractivity contribution in [2.75, 3.05) is 13.2 Å². The van der Waals surface area contributed by atoms with Crippen molar-refractivity contribution < 1.29 is 43.9 Å². The first kappa shape index (κ1) is 41.6. The van der Waals surface area contributed by atoms with Gasteiger partial charge < -0.3 is 39.6 Å². The van der Waals surface area contributed by atoms with Gasteiger partial charge in [-0.15, -0.1) is 0 Å². The first-order chi connectivity index (χ1) is 17.7. The van der Waals surface area contributed by atoms with Gasteiger partial charge in [0.15, 0.2) is 6.10 Å². The largest absolute Gasteiger partial charge is 0.595 e. The minimum atomic E-state index is -1.56. The molecule has 0 radical (unpaired) electrons. The molecule has 40 heavy (non-hydrogen) atoms. The van der Waals surface area contributed by atoms with E-state index in [-0.39, 0.29) is 26.5 Å². The van der Waals surface area contributed by atoms with E-state index in [0.717, 1.165) is 0 Å². The number of aliphatic hydroxyl groups is 1. The van der Waals surface area contributed by atoms with E-state index in [4.69, 9.17) is 9.47 Å². The van der Waals surface area contributed by atoms with Crippen molar-refractivity contribution in [2.24, 2.45) is 21.8 Å². The number of aldehydes is 1. The van der Waals surface area contributed by atoms with Gasteiger partial charge in [0.2, 0.25) is 0 Å². The molecule has 3 atom stereocenters. The number of hydrogen-bond acceptors (Lipinski definition) is 11. The average molecular weight is 576 g/mol. The zero-order valence-corrected chi connectivity index (χ0v) is 25.4. The molecule has 0 saturated heterocycles. The van der Waals surface area contributed by atoms with E-state index in [1.807, 2.05) is 27.7 Å². The first-order valence-electron chi connectivity index (χ1n) is 13.1. The zero-order chi connectivity index (χ0) is 31.0. The summed E-state index contributed by atoms with van der Waals surface area (Å²) in [6, 6.07) is -1.54. The molecule has 0 aromatic carbocycles. The normalized spacial score (nSPS) is 14.7. The van der Waals surface area contributed by atoms with Crippen molar-refractivity contribution >= 4 is 30.3 Å². The highest BCUT2D eigenvalue weighted by Gasteiger charge is 2.27. The van der Waals surface area contributed by atoms with Crippen LogP contribution < -0.4 is 15.5 Å². The minimum absolute atomic E-state index is 0. The molecule has 0 aromatic heterocycles. The molecule has 0 heterocycles. The van der Waals surface area contributed by atoms with Crippen LogP contribution in [-0.4, -0.2) is 78.0 Å². The van der Waals surface area contributed by atoms with E-state index in [1.54, 1.807) is 48.5 Å². The van der Waals surface area contributed by atoms with Crippen molar-refractivity contribution in [3.63, 3.8) is 0 Å². The van der Waals surface area contributed by atoms with Gasteiger partial charge in [0.05, 0.1) is 12.6 Å². The zero-order valence-electron chi connectivity index (χ0n) is 25.4. The van der Waals surface area contributed by atoms with Crippen molar-refractivity contribution in [3.05, 3.63) is 0 Å². The van der Waals surface area contributed by atoms with Gasteiger partial charge in [-0.1, -0.05) is 76.7 Å². The average Bonchev–Trinajstić information content (AvgIpc) is 2.73. The summed E-state index contributed by atoms with van der Waals surface area (Å²) in [6.45, 7) is 19.6. The van der Waals surface area contributed by atoms with Crippen LogP contribution in [0.15, 0.2) is 9.98 Å². The number of amides is 1. The topological polar surface area (TPSA) is 182 Å². The Kier molecular flexibility index (Phi) is 20.9. The van der Waals surface area contributed by atoms with Gasteiger partial charge in [-0.3, -0.25) is 19.6 Å². The third kappa shape index (κ3) is 24.2. The monoisotopic (exact) mass is 575 g/mol. The third-order valence-corrected chi connectivity index (χ3v) is 4.26. The lowest BCUT2D eigenvalue weighted by Crippen LogP contribution is -2.45. The summed E-state index contributed by atoms with van der Waals surface area (Å²) >= 11 is 0. The van der Waals surface area contributed by atoms with Gasteiger partial charge in [-0.25, -0.2) is 0 Å². The standard InChI is InChI=1S/C16H30N2O6.C11H21NO3.CH4/c1-7-23-12(19)9-17-14(21)13(20)11(8-10(2)3)18-15(22)24-16(4,5)6;1-8(2)6-9(7-13)12-10(14)15-11(3,4)5;/h10-11,13,20H,7-9H2,1-6H3,(H,17,21)(H,18,22);7-9H,6H2,1-5H3,(H,12,14);1H4/p-2/t11-,13?;9-;/m00./s1. The van der Waals surface area contributed by atoms with Gasteiger partial charge in [-0.05, 0) is 31.6 Å². The van der Waals surface area contributed by atoms with Crippen LogP contribution in [0.5, 0.6) is 0 Å². The SMILES string of the molecule is C.CC(C)C[C@@H](C=O)N=C([O-])OC(C)(C)C.CCOC(=O)CNC(=O)C(O)[C@H](CC(C)C)N=C([O-])OC(C)(C)C. The number of carbonyl (C=O) groups excluding carboxylic acids is 3. The summed E-state index contributed by atoms with van der Waals surface area (Å²) in [5, 5.41) is 35.5. The lowest BCUT2D eigenvalue weighted by atomic mass is 9.99. The van der Waals surface area contributed by atoms with Crippen LogP contribution in [0.1, 0.15) is 96.4 Å². The number of nitrogens with zero attached hydrogens (tertiary/aromatic N) is 2. The number of ether oxygens (including phenoxy) is 3. The van der Waals surface area contributed by atoms with Crippen LogP contribution in [0.4, 0.5) is 0 Å². The number of nitrogens with one attached hydrogen (secondary N) is 1. The first-order valence-corrected chi connectivity index (χ1v) is 13.1. The molecule has 0 bridgehead atoms. The third-order valence-electron chi connectivity index (χ3n) is 4.26. The highest BCUT2D eigenvalue weighted by molar-refractivity contribution is 5.85. The molecule has 0 spiro atoms. The second-order valence-electron chi connectivity index (χ2n) is 11.7. The number of esters is 1. The lowest BCUT2D eigenvalue weighted by Gasteiger charge is -2.31. The fourth-order valence-electron chi connectivity index (χ4n) is 2.85. The number of carbonyl (C=O) groups is 3. The molecule has 0 aliphatic rings. The molecule has 1 amide bonds. The van der Waals surface area contributed by atoms with E-state index in [9.17, 15) is 29.7 Å². The van der Waals surface area contributed by atoms with E-state index < -0.39 is 53.4 Å². The van der Waals surface area contributed by atoms with Crippen LogP contribution in [0.2, 0.25) is 0 Å². The molecule has 1 unspecified atom stereocenters. The maximum Gasteiger partial charge on any atom is 0.325 e. The number of aliphatic imine (C=N–C) groups is 2. The van der Waals surface area contributed by atoms with Crippen LogP contribution in [0.3, 0.4) is 0 Å². The molecule has 0 aromatic rings. The van der Waals surface area contributed by atoms with E-state index in [2.05, 4.69) is 20.0 Å². The molecule has 0 aliphatic heterocycles. The van der Waals surface area contributed by atoms with Crippen LogP contribution in [0.25, 0.3) is 0 Å². The molecule has 12 heteroatoms. The van der Waals surface area contributed by atoms with E-state index >= 15 is 0 Å². The van der Waals surface area contributed by atoms with Crippen molar-refractivity contribution in [1.82, 2.24) is 5.32 Å². The summed E-state index contributed by atoms with van der Waals surface area (Å²) in [5.41, 5.74) is -1.29. The second-order valence-corrected chi connectivity index (χ2v) is 11.7. The highest BCUT2D eigenvalue weighted by atomic mass is 16.6. The van der Waals surface area contributed by atoms with Crippen LogP contribution in [0, 0.1) is 11.8 Å². The summed E-state index contributed by atoms with van der Waals surface area (Å²) in [4.78, 5) is 41.3. The molecule has 0 saturated carbocycles. The van der Waals surface area contributed by atoms with Crippen molar-refractivity contribution in [3.8, 4) is 0 Å². The molecular formula is C28H53N3O9-2. The maximum absolute atomic E-state index is 12.0. The molecule has 0 fully saturated rings. The molecule has 2 N–H and O–H groups in total. The van der Waals surface area contributed by atoms with Gasteiger partial charge >= 0.3 is 5.97 Å². The molecular weight excluding hydrogens is 522 g/mol. The fourth-order valence-corrected chi connectivity index (χ4v) is 2.85. The summed E-state index contributed by atoms with van der Waals surface area (Å²) < 4.78 is 14.8. The van der Waals surface area contributed by atoms with Crippen LogP contribution in [-0.2, 0) is 28.6 Å². The molecule has 12 nitrogen and oxygen atoms in total. The Morgan fingerprint density at radius 3 is 1.73 bits per heavy atom. The fraction of sp³-hybridized carbons (Fsp3) is 0.821. The number of hydrogen-bond donors (Lipinski definition) is 2. The minimum Gasteiger partial charge on any atom is -0.595 e. The Morgan fingerprint density at radius 1 is 0.900 bits per heavy atom. The van der Waals surface area contributed by atoms with Gasteiger partial charge in [0.25, 0.3) is 5.91 Å². The summed E-state index contributed by atoms with van der Waals surface area (Å²) in [5.74, 6) is -0.983. The predicted octanol–water partition coefficient (Wildman–Crippen LogP) is 1.74. The van der Waals surface area contributed by atoms with E-state index in [0.29, 0.717) is 25.0 Å². The summed E-state index contributed by atoms with van der Waals surface area (Å²) in [7, 11) is 0. The van der Waals surface area contributed by atoms with Gasteiger partial charge in [-0.2, -0.15) is 0 Å². The Hall–Kier alpha value is -2.89. The quantitative estimate of drug-likeness (QED) is 0.151. The van der Waals surface area contributed by atoms with E-state index in [1.165, 1.54) is 0 Å². The lowest BCUT2D eigenvalue weighted by molar-refractivity contribution is -0.262. The smallest absolute Gasteiger partial charge is 0.325 e. The predicted molar refractivity (Wildman–Crippen MR) is 151 cm³/mol. The number of aliphatic hydroxyl groups excluding tert-OH is 1. The Labute approximate surface area is 240 Å². The highest BCUT2D eigenvalue weighted by Crippen LogP contribution is 2.14. The van der Waals surface area contributed by atoms with Gasteiger partial charge in [0.1, 0.15) is 31.0 Å². The Morgan fingerprint density at radius 2 is 1.35 bits per heavy atom. The Balaban J connectivity index is -0.000000739. The van der Waals surface area contributed by atoms with Gasteiger partial charge in [0, 0.05) is 11.2 Å². The summed E-state index contributed by atoms with van der Waals surface area (Å²) in [6.07, 6.45) is -1.50. The number of rotatable bonds is 12. The van der Waals surface area contributed by atoms with Crippen LogP contribution >= 0.6 is 0 Å². The second kappa shape index (κ2) is 20.1. The molecule has 236 valence electrons. The van der Waals surface area contributed by atoms with Crippen molar-refractivity contribution in [1.29, 1.82) is 0 Å². The Bertz CT molecular complexity index is 798.